The molecule has 0 radical (unpaired) electrons. The summed E-state index contributed by atoms with van der Waals surface area (Å²) in [5.74, 6) is -1.16. The van der Waals surface area contributed by atoms with E-state index in [9.17, 15) is 14.4 Å². The Hall–Kier alpha value is -3.15. The maximum Gasteiger partial charge on any atom is 0.304 e. The fraction of sp³-hybridized carbons (Fsp3) is 0.118. The summed E-state index contributed by atoms with van der Waals surface area (Å²) in [5.41, 5.74) is -0.481. The molecule has 2 aliphatic heterocycles. The molecule has 0 saturated carbocycles. The third kappa shape index (κ3) is 1.66. The second-order valence-corrected chi connectivity index (χ2v) is 5.41. The minimum atomic E-state index is -1.70. The number of rotatable bonds is 0. The van der Waals surface area contributed by atoms with E-state index in [-0.39, 0.29) is 0 Å². The SMILES string of the molecule is CC(=O)N1C(=O)[C@@]2(NC(=O)c3ccccc3O2)c2ccccc21. The van der Waals surface area contributed by atoms with Crippen LogP contribution < -0.4 is 15.0 Å². The lowest BCUT2D eigenvalue weighted by atomic mass is 10.0. The van der Waals surface area contributed by atoms with Gasteiger partial charge in [-0.05, 0) is 18.2 Å². The Balaban J connectivity index is 1.94. The normalized spacial score (nSPS) is 21.5. The summed E-state index contributed by atoms with van der Waals surface area (Å²) in [6.07, 6.45) is 0. The topological polar surface area (TPSA) is 75.7 Å². The van der Waals surface area contributed by atoms with Gasteiger partial charge >= 0.3 is 5.91 Å². The van der Waals surface area contributed by atoms with Crippen LogP contribution in [-0.2, 0) is 15.3 Å². The van der Waals surface area contributed by atoms with Gasteiger partial charge in [0, 0.05) is 6.92 Å². The van der Waals surface area contributed by atoms with Crippen LogP contribution in [0.3, 0.4) is 0 Å². The van der Waals surface area contributed by atoms with Crippen molar-refractivity contribution in [1.29, 1.82) is 0 Å². The molecule has 0 unspecified atom stereocenters. The average Bonchev–Trinajstić information content (AvgIpc) is 2.77. The van der Waals surface area contributed by atoms with Crippen molar-refractivity contribution in [2.75, 3.05) is 4.90 Å². The van der Waals surface area contributed by atoms with E-state index >= 15 is 0 Å². The van der Waals surface area contributed by atoms with Crippen LogP contribution in [0.15, 0.2) is 48.5 Å². The van der Waals surface area contributed by atoms with Crippen LogP contribution in [0.5, 0.6) is 5.75 Å². The zero-order valence-corrected chi connectivity index (χ0v) is 12.2. The van der Waals surface area contributed by atoms with E-state index in [4.69, 9.17) is 4.74 Å². The lowest BCUT2D eigenvalue weighted by Gasteiger charge is -2.34. The van der Waals surface area contributed by atoms with Gasteiger partial charge in [-0.3, -0.25) is 14.4 Å². The van der Waals surface area contributed by atoms with Gasteiger partial charge in [-0.15, -0.1) is 0 Å². The highest BCUT2D eigenvalue weighted by Gasteiger charge is 2.58. The molecule has 6 heteroatoms. The van der Waals surface area contributed by atoms with E-state index in [2.05, 4.69) is 5.32 Å². The van der Waals surface area contributed by atoms with Crippen LogP contribution in [0.1, 0.15) is 22.8 Å². The molecule has 0 aliphatic carbocycles. The van der Waals surface area contributed by atoms with Crippen molar-refractivity contribution in [1.82, 2.24) is 5.32 Å². The highest BCUT2D eigenvalue weighted by Crippen LogP contribution is 2.44. The molecule has 23 heavy (non-hydrogen) atoms. The maximum absolute atomic E-state index is 12.9. The van der Waals surface area contributed by atoms with Gasteiger partial charge in [-0.2, -0.15) is 0 Å². The quantitative estimate of drug-likeness (QED) is 0.801. The molecule has 2 heterocycles. The molecule has 2 aliphatic rings. The van der Waals surface area contributed by atoms with Crippen LogP contribution in [0, 0.1) is 0 Å². The highest BCUT2D eigenvalue weighted by molar-refractivity contribution is 6.23. The number of nitrogens with zero attached hydrogens (tertiary/aromatic N) is 1. The standard InChI is InChI=1S/C17H12N2O4/c1-10(20)19-13-8-4-3-7-12(13)17(16(19)22)18-15(21)11-6-2-5-9-14(11)23-17/h2-9H,1H3,(H,18,21)/t17-/m1/s1. The Kier molecular flexibility index (Phi) is 2.60. The molecule has 0 fully saturated rings. The number of nitrogens with one attached hydrogen (secondary N) is 1. The number of hydrogen-bond donors (Lipinski definition) is 1. The van der Waals surface area contributed by atoms with Gasteiger partial charge < -0.3 is 10.1 Å². The van der Waals surface area contributed by atoms with Gasteiger partial charge in [-0.1, -0.05) is 30.3 Å². The summed E-state index contributed by atoms with van der Waals surface area (Å²) < 4.78 is 5.89. The third-order valence-corrected chi connectivity index (χ3v) is 4.03. The number of amides is 3. The van der Waals surface area contributed by atoms with E-state index < -0.39 is 23.4 Å². The number of imide groups is 1. The van der Waals surface area contributed by atoms with Gasteiger partial charge in [0.1, 0.15) is 5.75 Å². The lowest BCUT2D eigenvalue weighted by Crippen LogP contribution is -2.59. The van der Waals surface area contributed by atoms with E-state index in [1.165, 1.54) is 6.92 Å². The predicted molar refractivity (Wildman–Crippen MR) is 80.8 cm³/mol. The van der Waals surface area contributed by atoms with E-state index in [0.29, 0.717) is 22.6 Å². The summed E-state index contributed by atoms with van der Waals surface area (Å²) in [6.45, 7) is 1.30. The monoisotopic (exact) mass is 308 g/mol. The van der Waals surface area contributed by atoms with Gasteiger partial charge in [0.05, 0.1) is 16.8 Å². The number of carbonyl (C=O) groups excluding carboxylic acids is 3. The van der Waals surface area contributed by atoms with Crippen molar-refractivity contribution < 1.29 is 19.1 Å². The average molecular weight is 308 g/mol. The fourth-order valence-corrected chi connectivity index (χ4v) is 3.04. The summed E-state index contributed by atoms with van der Waals surface area (Å²) in [4.78, 5) is 38.3. The van der Waals surface area contributed by atoms with E-state index in [1.54, 1.807) is 48.5 Å². The van der Waals surface area contributed by atoms with Crippen LogP contribution >= 0.6 is 0 Å². The molecule has 1 atom stereocenters. The Bertz CT molecular complexity index is 876. The van der Waals surface area contributed by atoms with Crippen molar-refractivity contribution in [2.24, 2.45) is 0 Å². The Morgan fingerprint density at radius 2 is 1.78 bits per heavy atom. The zero-order chi connectivity index (χ0) is 16.2. The maximum atomic E-state index is 12.9. The molecule has 6 nitrogen and oxygen atoms in total. The zero-order valence-electron chi connectivity index (χ0n) is 12.2. The Labute approximate surface area is 131 Å². The molecule has 114 valence electrons. The number of anilines is 1. The first-order valence-electron chi connectivity index (χ1n) is 7.10. The molecule has 1 N–H and O–H groups in total. The van der Waals surface area contributed by atoms with Crippen molar-refractivity contribution >= 4 is 23.4 Å². The first-order chi connectivity index (χ1) is 11.0. The molecule has 2 aromatic carbocycles. The van der Waals surface area contributed by atoms with Crippen LogP contribution in [0.25, 0.3) is 0 Å². The van der Waals surface area contributed by atoms with E-state index in [1.807, 2.05) is 0 Å². The molecular weight excluding hydrogens is 296 g/mol. The van der Waals surface area contributed by atoms with Gasteiger partial charge in [0.15, 0.2) is 0 Å². The van der Waals surface area contributed by atoms with Gasteiger partial charge in [0.25, 0.3) is 11.6 Å². The molecule has 0 aromatic heterocycles. The smallest absolute Gasteiger partial charge is 0.304 e. The molecule has 3 amide bonds. The first kappa shape index (κ1) is 13.5. The highest BCUT2D eigenvalue weighted by atomic mass is 16.5. The van der Waals surface area contributed by atoms with Crippen molar-refractivity contribution in [3.63, 3.8) is 0 Å². The number of fused-ring (bicyclic) bond motifs is 3. The predicted octanol–water partition coefficient (Wildman–Crippen LogP) is 1.55. The molecule has 0 saturated heterocycles. The van der Waals surface area contributed by atoms with E-state index in [0.717, 1.165) is 4.90 Å². The lowest BCUT2D eigenvalue weighted by molar-refractivity contribution is -0.138. The minimum Gasteiger partial charge on any atom is -0.453 e. The Morgan fingerprint density at radius 3 is 2.57 bits per heavy atom. The number of hydrogen-bond acceptors (Lipinski definition) is 4. The summed E-state index contributed by atoms with van der Waals surface area (Å²) >= 11 is 0. The number of benzene rings is 2. The summed E-state index contributed by atoms with van der Waals surface area (Å²) in [6, 6.07) is 13.5. The minimum absolute atomic E-state index is 0.310. The second kappa shape index (κ2) is 4.42. The first-order valence-corrected chi connectivity index (χ1v) is 7.10. The van der Waals surface area contributed by atoms with Gasteiger partial charge in [-0.25, -0.2) is 4.90 Å². The third-order valence-electron chi connectivity index (χ3n) is 4.03. The summed E-state index contributed by atoms with van der Waals surface area (Å²) in [5, 5.41) is 2.63. The van der Waals surface area contributed by atoms with Crippen LogP contribution in [0.2, 0.25) is 0 Å². The van der Waals surface area contributed by atoms with Crippen molar-refractivity contribution in [3.05, 3.63) is 59.7 Å². The number of carbonyl (C=O) groups is 3. The molecule has 4 rings (SSSR count). The molecule has 1 spiro atoms. The second-order valence-electron chi connectivity index (χ2n) is 5.41. The van der Waals surface area contributed by atoms with Crippen molar-refractivity contribution in [2.45, 2.75) is 12.6 Å². The molecule has 0 bridgehead atoms. The fourth-order valence-electron chi connectivity index (χ4n) is 3.04. The molecular formula is C17H12N2O4. The Morgan fingerprint density at radius 1 is 1.09 bits per heavy atom. The van der Waals surface area contributed by atoms with Crippen molar-refractivity contribution in [3.8, 4) is 5.75 Å². The number of para-hydroxylation sites is 2. The van der Waals surface area contributed by atoms with Gasteiger partial charge in [0.2, 0.25) is 5.91 Å². The largest absolute Gasteiger partial charge is 0.453 e. The molecule has 2 aromatic rings. The van der Waals surface area contributed by atoms with Crippen LogP contribution in [-0.4, -0.2) is 17.7 Å². The summed E-state index contributed by atoms with van der Waals surface area (Å²) in [7, 11) is 0. The van der Waals surface area contributed by atoms with Crippen LogP contribution in [0.4, 0.5) is 5.69 Å². The number of ether oxygens (including phenoxy) is 1.